The Kier molecular flexibility index (Phi) is 5.65. The lowest BCUT2D eigenvalue weighted by Gasteiger charge is -2.40. The summed E-state index contributed by atoms with van der Waals surface area (Å²) in [7, 11) is 0. The first-order valence-electron chi connectivity index (χ1n) is 6.27. The lowest BCUT2D eigenvalue weighted by Crippen LogP contribution is -2.45. The first-order valence-corrected chi connectivity index (χ1v) is 7.03. The molecule has 0 radical (unpaired) electrons. The molecule has 0 aromatic heterocycles. The van der Waals surface area contributed by atoms with Crippen molar-refractivity contribution in [3.8, 4) is 0 Å². The maximum absolute atomic E-state index is 11.2. The Bertz CT molecular complexity index is 461. The summed E-state index contributed by atoms with van der Waals surface area (Å²) in [4.78, 5) is 13.3. The van der Waals surface area contributed by atoms with Gasteiger partial charge in [-0.1, -0.05) is 43.1 Å². The van der Waals surface area contributed by atoms with Gasteiger partial charge in [0.15, 0.2) is 0 Å². The normalized spacial score (nSPS) is 14.4. The molecule has 1 N–H and O–H groups in total. The van der Waals surface area contributed by atoms with Gasteiger partial charge in [-0.2, -0.15) is 0 Å². The fourth-order valence-corrected chi connectivity index (χ4v) is 3.13. The molecule has 0 bridgehead atoms. The fourth-order valence-electron chi connectivity index (χ4n) is 2.52. The molecule has 0 saturated heterocycles. The molecule has 0 amide bonds. The fraction of sp³-hybridized carbons (Fsp3) is 0.500. The Balaban J connectivity index is 3.33. The minimum absolute atomic E-state index is 0.00394. The number of halogens is 2. The van der Waals surface area contributed by atoms with Gasteiger partial charge >= 0.3 is 5.97 Å². The zero-order valence-corrected chi connectivity index (χ0v) is 12.9. The molecule has 0 aliphatic heterocycles. The number of carboxylic acid groups (broad SMARTS) is 1. The Morgan fingerprint density at radius 3 is 2.32 bits per heavy atom. The lowest BCUT2D eigenvalue weighted by atomic mass is 9.86. The molecule has 1 unspecified atom stereocenters. The molecular weight excluding hydrogens is 285 g/mol. The van der Waals surface area contributed by atoms with Gasteiger partial charge in [0.25, 0.3) is 0 Å². The summed E-state index contributed by atoms with van der Waals surface area (Å²) in [5.74, 6) is -0.847. The molecule has 0 aliphatic rings. The molecule has 1 rings (SSSR count). The largest absolute Gasteiger partial charge is 0.481 e. The highest BCUT2D eigenvalue weighted by molar-refractivity contribution is 6.35. The number of rotatable bonds is 6. The molecule has 0 spiro atoms. The molecule has 0 aliphatic carbocycles. The minimum Gasteiger partial charge on any atom is -0.481 e. The zero-order valence-electron chi connectivity index (χ0n) is 11.4. The second-order valence-corrected chi connectivity index (χ2v) is 5.48. The van der Waals surface area contributed by atoms with Gasteiger partial charge in [0.1, 0.15) is 0 Å². The van der Waals surface area contributed by atoms with Crippen molar-refractivity contribution in [2.45, 2.75) is 32.7 Å². The molecule has 0 fully saturated rings. The van der Waals surface area contributed by atoms with E-state index in [0.717, 1.165) is 18.7 Å². The Morgan fingerprint density at radius 2 is 1.89 bits per heavy atom. The summed E-state index contributed by atoms with van der Waals surface area (Å²) < 4.78 is 0. The Hall–Kier alpha value is -0.770. The van der Waals surface area contributed by atoms with Crippen LogP contribution in [0, 0.1) is 0 Å². The van der Waals surface area contributed by atoms with E-state index in [2.05, 4.69) is 4.90 Å². The highest BCUT2D eigenvalue weighted by Crippen LogP contribution is 2.37. The van der Waals surface area contributed by atoms with E-state index >= 15 is 0 Å². The van der Waals surface area contributed by atoms with Crippen molar-refractivity contribution in [3.05, 3.63) is 33.8 Å². The van der Waals surface area contributed by atoms with Gasteiger partial charge < -0.3 is 5.11 Å². The van der Waals surface area contributed by atoms with Crippen molar-refractivity contribution >= 4 is 29.2 Å². The van der Waals surface area contributed by atoms with Crippen molar-refractivity contribution in [1.82, 2.24) is 4.90 Å². The van der Waals surface area contributed by atoms with Crippen LogP contribution in [0.15, 0.2) is 18.2 Å². The van der Waals surface area contributed by atoms with Crippen LogP contribution < -0.4 is 0 Å². The average molecular weight is 304 g/mol. The first kappa shape index (κ1) is 16.3. The predicted molar refractivity (Wildman–Crippen MR) is 79.0 cm³/mol. The summed E-state index contributed by atoms with van der Waals surface area (Å²) in [6.45, 7) is 7.42. The van der Waals surface area contributed by atoms with Gasteiger partial charge in [0.2, 0.25) is 0 Å². The molecule has 0 heterocycles. The molecule has 19 heavy (non-hydrogen) atoms. The van der Waals surface area contributed by atoms with E-state index < -0.39 is 11.5 Å². The van der Waals surface area contributed by atoms with E-state index in [1.807, 2.05) is 26.8 Å². The van der Waals surface area contributed by atoms with E-state index in [1.54, 1.807) is 12.1 Å². The summed E-state index contributed by atoms with van der Waals surface area (Å²) in [5.41, 5.74) is 0.154. The summed E-state index contributed by atoms with van der Waals surface area (Å²) in [6, 6.07) is 5.21. The van der Waals surface area contributed by atoms with Crippen LogP contribution in [0.5, 0.6) is 0 Å². The van der Waals surface area contributed by atoms with Crippen LogP contribution >= 0.6 is 23.2 Å². The highest BCUT2D eigenvalue weighted by atomic mass is 35.5. The standard InChI is InChI=1S/C14H19Cl2NO2/c1-4-17(5-2)14(3,9-13(18)19)11-7-6-10(15)8-12(11)16/h6-8H,4-5,9H2,1-3H3,(H,18,19). The van der Waals surface area contributed by atoms with Crippen LogP contribution in [-0.4, -0.2) is 29.1 Å². The molecule has 3 nitrogen and oxygen atoms in total. The summed E-state index contributed by atoms with van der Waals surface area (Å²) >= 11 is 12.2. The van der Waals surface area contributed by atoms with Gasteiger partial charge in [-0.3, -0.25) is 9.69 Å². The summed E-state index contributed by atoms with van der Waals surface area (Å²) in [6.07, 6.45) is -0.00394. The monoisotopic (exact) mass is 303 g/mol. The van der Waals surface area contributed by atoms with Crippen molar-refractivity contribution in [3.63, 3.8) is 0 Å². The molecule has 1 aromatic carbocycles. The van der Waals surface area contributed by atoms with Crippen LogP contribution in [0.3, 0.4) is 0 Å². The lowest BCUT2D eigenvalue weighted by molar-refractivity contribution is -0.140. The topological polar surface area (TPSA) is 40.5 Å². The number of hydrogen-bond donors (Lipinski definition) is 1. The van der Waals surface area contributed by atoms with E-state index in [-0.39, 0.29) is 6.42 Å². The smallest absolute Gasteiger partial charge is 0.305 e. The van der Waals surface area contributed by atoms with Crippen LogP contribution in [0.2, 0.25) is 10.0 Å². The van der Waals surface area contributed by atoms with E-state index in [4.69, 9.17) is 23.2 Å². The number of aliphatic carboxylic acids is 1. The van der Waals surface area contributed by atoms with Gasteiger partial charge in [-0.05, 0) is 37.7 Å². The van der Waals surface area contributed by atoms with Crippen molar-refractivity contribution < 1.29 is 9.90 Å². The summed E-state index contributed by atoms with van der Waals surface area (Å²) in [5, 5.41) is 10.3. The third-order valence-corrected chi connectivity index (χ3v) is 4.02. The third kappa shape index (κ3) is 3.62. The quantitative estimate of drug-likeness (QED) is 0.862. The number of benzene rings is 1. The van der Waals surface area contributed by atoms with Crippen LogP contribution in [-0.2, 0) is 10.3 Å². The van der Waals surface area contributed by atoms with Crippen molar-refractivity contribution in [2.24, 2.45) is 0 Å². The number of carboxylic acids is 1. The van der Waals surface area contributed by atoms with Gasteiger partial charge in [-0.25, -0.2) is 0 Å². The zero-order chi connectivity index (χ0) is 14.6. The Morgan fingerprint density at radius 1 is 1.32 bits per heavy atom. The Labute approximate surface area is 124 Å². The van der Waals surface area contributed by atoms with E-state index in [1.165, 1.54) is 0 Å². The van der Waals surface area contributed by atoms with Crippen molar-refractivity contribution in [1.29, 1.82) is 0 Å². The molecule has 1 atom stereocenters. The molecule has 0 saturated carbocycles. The minimum atomic E-state index is -0.847. The molecular formula is C14H19Cl2NO2. The first-order chi connectivity index (χ1) is 8.85. The van der Waals surface area contributed by atoms with Gasteiger partial charge in [-0.15, -0.1) is 0 Å². The predicted octanol–water partition coefficient (Wildman–Crippen LogP) is 4.03. The molecule has 5 heteroatoms. The number of nitrogens with zero attached hydrogens (tertiary/aromatic N) is 1. The van der Waals surface area contributed by atoms with Crippen LogP contribution in [0.1, 0.15) is 32.8 Å². The SMILES string of the molecule is CCN(CC)C(C)(CC(=O)O)c1ccc(Cl)cc1Cl. The maximum atomic E-state index is 11.2. The maximum Gasteiger partial charge on any atom is 0.305 e. The van der Waals surface area contributed by atoms with E-state index in [9.17, 15) is 9.90 Å². The number of hydrogen-bond acceptors (Lipinski definition) is 2. The average Bonchev–Trinajstić information content (AvgIpc) is 2.28. The molecule has 1 aromatic rings. The van der Waals surface area contributed by atoms with Crippen LogP contribution in [0.25, 0.3) is 0 Å². The second-order valence-electron chi connectivity index (χ2n) is 4.64. The number of carbonyl (C=O) groups is 1. The van der Waals surface area contributed by atoms with Gasteiger partial charge in [0, 0.05) is 10.0 Å². The van der Waals surface area contributed by atoms with Crippen molar-refractivity contribution in [2.75, 3.05) is 13.1 Å². The van der Waals surface area contributed by atoms with E-state index in [0.29, 0.717) is 10.0 Å². The van der Waals surface area contributed by atoms with Crippen LogP contribution in [0.4, 0.5) is 0 Å². The van der Waals surface area contributed by atoms with Gasteiger partial charge in [0.05, 0.1) is 12.0 Å². The highest BCUT2D eigenvalue weighted by Gasteiger charge is 2.36. The second kappa shape index (κ2) is 6.60. The third-order valence-electron chi connectivity index (χ3n) is 3.47. The molecule has 106 valence electrons.